The number of aryl methyl sites for hydroxylation is 1. The van der Waals surface area contributed by atoms with Gasteiger partial charge in [-0.1, -0.05) is 29.8 Å². The van der Waals surface area contributed by atoms with Crippen molar-refractivity contribution in [3.63, 3.8) is 0 Å². The number of hydrogen-bond acceptors (Lipinski definition) is 4. The van der Waals surface area contributed by atoms with Crippen LogP contribution in [-0.2, 0) is 16.0 Å². The lowest BCUT2D eigenvalue weighted by Crippen LogP contribution is -2.36. The standard InChI is InChI=1S/C26H24FN3O2/c1-3-29(17-14-19-12-15-28-16-13-19)24-23(20-6-8-21(27)9-7-20)25(31)30(26(24)32)22-10-4-18(2)5-11-22/h4-13,15-16H,3,14,17H2,1-2H3. The lowest BCUT2D eigenvalue weighted by Gasteiger charge is -2.25. The molecule has 0 saturated heterocycles. The summed E-state index contributed by atoms with van der Waals surface area (Å²) in [4.78, 5) is 34.3. The zero-order valence-electron chi connectivity index (χ0n) is 18.1. The van der Waals surface area contributed by atoms with Crippen molar-refractivity contribution >= 4 is 23.1 Å². The molecule has 0 radical (unpaired) electrons. The van der Waals surface area contributed by atoms with Crippen molar-refractivity contribution in [3.8, 4) is 0 Å². The van der Waals surface area contributed by atoms with E-state index in [0.29, 0.717) is 42.0 Å². The lowest BCUT2D eigenvalue weighted by atomic mass is 10.0. The number of imide groups is 1. The molecule has 5 nitrogen and oxygen atoms in total. The highest BCUT2D eigenvalue weighted by Crippen LogP contribution is 2.35. The number of aromatic nitrogens is 1. The molecule has 0 bridgehead atoms. The quantitative estimate of drug-likeness (QED) is 0.523. The Morgan fingerprint density at radius 3 is 2.19 bits per heavy atom. The van der Waals surface area contributed by atoms with Crippen LogP contribution in [0.2, 0.25) is 0 Å². The van der Waals surface area contributed by atoms with E-state index >= 15 is 0 Å². The molecule has 1 aliphatic rings. The topological polar surface area (TPSA) is 53.5 Å². The Morgan fingerprint density at radius 1 is 0.906 bits per heavy atom. The molecule has 1 aromatic heterocycles. The number of likely N-dealkylation sites (N-methyl/N-ethyl adjacent to an activating group) is 1. The zero-order chi connectivity index (χ0) is 22.7. The van der Waals surface area contributed by atoms with Gasteiger partial charge in [-0.15, -0.1) is 0 Å². The SMILES string of the molecule is CCN(CCc1ccncc1)C1=C(c2ccc(F)cc2)C(=O)N(c2ccc(C)cc2)C1=O. The fourth-order valence-corrected chi connectivity index (χ4v) is 3.86. The number of nitrogens with zero attached hydrogens (tertiary/aromatic N) is 3. The fraction of sp³-hybridized carbons (Fsp3) is 0.192. The van der Waals surface area contributed by atoms with Crippen LogP contribution in [0.3, 0.4) is 0 Å². The molecule has 3 aromatic rings. The van der Waals surface area contributed by atoms with Crippen molar-refractivity contribution in [3.05, 3.63) is 101 Å². The van der Waals surface area contributed by atoms with Gasteiger partial charge in [0, 0.05) is 25.5 Å². The molecule has 162 valence electrons. The molecule has 0 aliphatic carbocycles. The van der Waals surface area contributed by atoms with Crippen LogP contribution in [0.5, 0.6) is 0 Å². The van der Waals surface area contributed by atoms with Crippen LogP contribution in [0.1, 0.15) is 23.6 Å². The minimum atomic E-state index is -0.400. The third kappa shape index (κ3) is 4.17. The van der Waals surface area contributed by atoms with Crippen molar-refractivity contribution in [2.45, 2.75) is 20.3 Å². The average Bonchev–Trinajstić information content (AvgIpc) is 3.06. The second-order valence-electron chi connectivity index (χ2n) is 7.70. The molecule has 0 saturated carbocycles. The summed E-state index contributed by atoms with van der Waals surface area (Å²) < 4.78 is 13.6. The highest BCUT2D eigenvalue weighted by molar-refractivity contribution is 6.45. The van der Waals surface area contributed by atoms with Crippen molar-refractivity contribution in [1.82, 2.24) is 9.88 Å². The Kier molecular flexibility index (Phi) is 6.12. The van der Waals surface area contributed by atoms with E-state index in [0.717, 1.165) is 11.1 Å². The van der Waals surface area contributed by atoms with E-state index in [9.17, 15) is 14.0 Å². The zero-order valence-corrected chi connectivity index (χ0v) is 18.1. The van der Waals surface area contributed by atoms with E-state index in [1.54, 1.807) is 36.7 Å². The van der Waals surface area contributed by atoms with Crippen LogP contribution in [0.25, 0.3) is 5.57 Å². The second-order valence-corrected chi connectivity index (χ2v) is 7.70. The van der Waals surface area contributed by atoms with Gasteiger partial charge in [0.05, 0.1) is 11.3 Å². The third-order valence-electron chi connectivity index (χ3n) is 5.60. The van der Waals surface area contributed by atoms with E-state index < -0.39 is 11.7 Å². The van der Waals surface area contributed by atoms with Gasteiger partial charge in [-0.2, -0.15) is 0 Å². The first-order valence-corrected chi connectivity index (χ1v) is 10.6. The first-order chi connectivity index (χ1) is 15.5. The highest BCUT2D eigenvalue weighted by atomic mass is 19.1. The lowest BCUT2D eigenvalue weighted by molar-refractivity contribution is -0.120. The Balaban J connectivity index is 1.75. The molecular formula is C26H24FN3O2. The third-order valence-corrected chi connectivity index (χ3v) is 5.60. The summed E-state index contributed by atoms with van der Waals surface area (Å²) in [5, 5.41) is 0. The van der Waals surface area contributed by atoms with Crippen LogP contribution >= 0.6 is 0 Å². The van der Waals surface area contributed by atoms with Crippen molar-refractivity contribution in [1.29, 1.82) is 0 Å². The molecule has 0 N–H and O–H groups in total. The van der Waals surface area contributed by atoms with Crippen LogP contribution < -0.4 is 4.90 Å². The summed E-state index contributed by atoms with van der Waals surface area (Å²) in [5.41, 5.74) is 3.81. The largest absolute Gasteiger partial charge is 0.366 e. The average molecular weight is 429 g/mol. The Hall–Kier alpha value is -3.80. The monoisotopic (exact) mass is 429 g/mol. The fourth-order valence-electron chi connectivity index (χ4n) is 3.86. The van der Waals surface area contributed by atoms with Crippen LogP contribution in [0.15, 0.2) is 78.8 Å². The number of carbonyl (C=O) groups is 2. The summed E-state index contributed by atoms with van der Waals surface area (Å²) in [5.74, 6) is -1.16. The number of pyridine rings is 1. The van der Waals surface area contributed by atoms with Crippen LogP contribution in [0, 0.1) is 12.7 Å². The molecule has 0 spiro atoms. The number of anilines is 1. The minimum Gasteiger partial charge on any atom is -0.366 e. The molecule has 6 heteroatoms. The predicted molar refractivity (Wildman–Crippen MR) is 122 cm³/mol. The first-order valence-electron chi connectivity index (χ1n) is 10.6. The maximum atomic E-state index is 13.6. The molecule has 4 rings (SSSR count). The van der Waals surface area contributed by atoms with Crippen LogP contribution in [-0.4, -0.2) is 34.8 Å². The summed E-state index contributed by atoms with van der Waals surface area (Å²) in [7, 11) is 0. The normalized spacial score (nSPS) is 13.8. The van der Waals surface area contributed by atoms with Gasteiger partial charge in [-0.3, -0.25) is 14.6 Å². The number of rotatable bonds is 7. The molecule has 1 aliphatic heterocycles. The molecular weight excluding hydrogens is 405 g/mol. The van der Waals surface area contributed by atoms with E-state index in [2.05, 4.69) is 4.98 Å². The van der Waals surface area contributed by atoms with Gasteiger partial charge < -0.3 is 4.90 Å². The second kappa shape index (κ2) is 9.14. The van der Waals surface area contributed by atoms with Gasteiger partial charge in [-0.25, -0.2) is 9.29 Å². The molecule has 0 unspecified atom stereocenters. The van der Waals surface area contributed by atoms with Crippen molar-refractivity contribution in [2.24, 2.45) is 0 Å². The van der Waals surface area contributed by atoms with E-state index in [1.807, 2.05) is 43.0 Å². The minimum absolute atomic E-state index is 0.298. The van der Waals surface area contributed by atoms with Gasteiger partial charge in [0.1, 0.15) is 11.5 Å². The number of benzene rings is 2. The van der Waals surface area contributed by atoms with Gasteiger partial charge in [-0.05, 0) is 67.8 Å². The number of amides is 2. The smallest absolute Gasteiger partial charge is 0.282 e. The van der Waals surface area contributed by atoms with Crippen molar-refractivity contribution in [2.75, 3.05) is 18.0 Å². The van der Waals surface area contributed by atoms with E-state index in [1.165, 1.54) is 17.0 Å². The van der Waals surface area contributed by atoms with Gasteiger partial charge in [0.15, 0.2) is 0 Å². The maximum absolute atomic E-state index is 13.6. The number of hydrogen-bond donors (Lipinski definition) is 0. The molecule has 32 heavy (non-hydrogen) atoms. The summed E-state index contributed by atoms with van der Waals surface area (Å²) in [6.45, 7) is 5.00. The Bertz CT molecular complexity index is 1160. The van der Waals surface area contributed by atoms with Gasteiger partial charge >= 0.3 is 0 Å². The van der Waals surface area contributed by atoms with Crippen molar-refractivity contribution < 1.29 is 14.0 Å². The van der Waals surface area contributed by atoms with Gasteiger partial charge in [0.2, 0.25) is 0 Å². The summed E-state index contributed by atoms with van der Waals surface area (Å²) >= 11 is 0. The van der Waals surface area contributed by atoms with Gasteiger partial charge in [0.25, 0.3) is 11.8 Å². The summed E-state index contributed by atoms with van der Waals surface area (Å²) in [6.07, 6.45) is 4.17. The van der Waals surface area contributed by atoms with E-state index in [4.69, 9.17) is 0 Å². The summed E-state index contributed by atoms with van der Waals surface area (Å²) in [6, 6.07) is 16.8. The molecule has 2 aromatic carbocycles. The van der Waals surface area contributed by atoms with Crippen LogP contribution in [0.4, 0.5) is 10.1 Å². The Morgan fingerprint density at radius 2 is 1.56 bits per heavy atom. The molecule has 0 fully saturated rings. The highest BCUT2D eigenvalue weighted by Gasteiger charge is 2.42. The predicted octanol–water partition coefficient (Wildman–Crippen LogP) is 4.38. The Labute approximate surface area is 186 Å². The number of carbonyl (C=O) groups excluding carboxylic acids is 2. The first kappa shape index (κ1) is 21.4. The van der Waals surface area contributed by atoms with E-state index in [-0.39, 0.29) is 5.91 Å². The molecule has 0 atom stereocenters. The molecule has 2 amide bonds. The molecule has 2 heterocycles. The maximum Gasteiger partial charge on any atom is 0.282 e. The number of halogens is 1.